The van der Waals surface area contributed by atoms with Gasteiger partial charge in [-0.1, -0.05) is 24.3 Å². The van der Waals surface area contributed by atoms with Gasteiger partial charge in [-0.25, -0.2) is 18.4 Å². The minimum absolute atomic E-state index is 0.00766. The Labute approximate surface area is 180 Å². The highest BCUT2D eigenvalue weighted by molar-refractivity contribution is 7.93. The predicted octanol–water partition coefficient (Wildman–Crippen LogP) is 4.74. The van der Waals surface area contributed by atoms with E-state index in [0.717, 1.165) is 17.4 Å². The average molecular weight is 464 g/mol. The molecule has 0 aliphatic rings. The lowest BCUT2D eigenvalue weighted by atomic mass is 10.0. The molecule has 0 aliphatic heterocycles. The summed E-state index contributed by atoms with van der Waals surface area (Å²) in [6, 6.07) is 11.5. The molecule has 0 aliphatic carbocycles. The second-order valence-electron chi connectivity index (χ2n) is 6.54. The number of imidazole rings is 1. The normalized spacial score (nSPS) is 12.1. The lowest BCUT2D eigenvalue weighted by molar-refractivity contribution is -0.138. The topological polar surface area (TPSA) is 76.9 Å². The highest BCUT2D eigenvalue weighted by atomic mass is 32.2. The van der Waals surface area contributed by atoms with Gasteiger partial charge >= 0.3 is 6.18 Å². The molecule has 160 valence electrons. The first kappa shape index (κ1) is 21.1. The molecule has 0 fully saturated rings. The summed E-state index contributed by atoms with van der Waals surface area (Å²) < 4.78 is 68.8. The first-order chi connectivity index (χ1) is 14.7. The molecule has 0 unspecified atom stereocenters. The number of benzene rings is 2. The second kappa shape index (κ2) is 8.16. The molecule has 4 rings (SSSR count). The van der Waals surface area contributed by atoms with Crippen LogP contribution in [0.4, 0.5) is 18.3 Å². The van der Waals surface area contributed by atoms with Crippen molar-refractivity contribution in [3.63, 3.8) is 0 Å². The van der Waals surface area contributed by atoms with E-state index in [4.69, 9.17) is 0 Å². The maximum atomic E-state index is 13.2. The fraction of sp³-hybridized carbons (Fsp3) is 0.100. The molecule has 31 heavy (non-hydrogen) atoms. The van der Waals surface area contributed by atoms with Crippen LogP contribution in [-0.2, 0) is 22.6 Å². The molecule has 0 saturated heterocycles. The van der Waals surface area contributed by atoms with Crippen molar-refractivity contribution < 1.29 is 21.6 Å². The maximum absolute atomic E-state index is 13.2. The van der Waals surface area contributed by atoms with E-state index in [1.165, 1.54) is 36.8 Å². The number of halogens is 3. The van der Waals surface area contributed by atoms with Crippen LogP contribution in [0.2, 0.25) is 0 Å². The van der Waals surface area contributed by atoms with Crippen LogP contribution in [0.25, 0.3) is 5.69 Å². The third kappa shape index (κ3) is 4.78. The summed E-state index contributed by atoms with van der Waals surface area (Å²) in [6.45, 7) is 0. The van der Waals surface area contributed by atoms with Crippen LogP contribution in [0.5, 0.6) is 0 Å². The van der Waals surface area contributed by atoms with Crippen molar-refractivity contribution in [3.8, 4) is 5.69 Å². The lowest BCUT2D eigenvalue weighted by Crippen LogP contribution is -2.13. The zero-order chi connectivity index (χ0) is 22.1. The average Bonchev–Trinajstić information content (AvgIpc) is 3.40. The molecule has 2 aromatic heterocycles. The maximum Gasteiger partial charge on any atom is 0.416 e. The van der Waals surface area contributed by atoms with Crippen molar-refractivity contribution in [2.24, 2.45) is 0 Å². The van der Waals surface area contributed by atoms with E-state index in [1.54, 1.807) is 34.3 Å². The summed E-state index contributed by atoms with van der Waals surface area (Å²) in [4.78, 5) is 8.12. The van der Waals surface area contributed by atoms with E-state index in [9.17, 15) is 21.6 Å². The zero-order valence-corrected chi connectivity index (χ0v) is 17.4. The molecule has 1 N–H and O–H groups in total. The lowest BCUT2D eigenvalue weighted by Gasteiger charge is -2.11. The van der Waals surface area contributed by atoms with Crippen LogP contribution < -0.4 is 4.72 Å². The van der Waals surface area contributed by atoms with E-state index in [-0.39, 0.29) is 22.0 Å². The monoisotopic (exact) mass is 464 g/mol. The summed E-state index contributed by atoms with van der Waals surface area (Å²) in [5.41, 5.74) is 0.339. The number of alkyl halides is 3. The molecule has 0 atom stereocenters. The van der Waals surface area contributed by atoms with Gasteiger partial charge in [-0.2, -0.15) is 13.2 Å². The third-order valence-corrected chi connectivity index (χ3v) is 6.56. The number of hydrogen-bond donors (Lipinski definition) is 1. The van der Waals surface area contributed by atoms with Gasteiger partial charge in [0, 0.05) is 29.9 Å². The van der Waals surface area contributed by atoms with Crippen molar-refractivity contribution in [3.05, 3.63) is 89.5 Å². The molecule has 11 heteroatoms. The van der Waals surface area contributed by atoms with E-state index in [1.807, 2.05) is 0 Å². The van der Waals surface area contributed by atoms with E-state index in [2.05, 4.69) is 14.7 Å². The fourth-order valence-corrected chi connectivity index (χ4v) is 4.83. The molecule has 0 bridgehead atoms. The van der Waals surface area contributed by atoms with E-state index in [0.29, 0.717) is 11.4 Å². The van der Waals surface area contributed by atoms with Gasteiger partial charge in [0.05, 0.1) is 22.5 Å². The van der Waals surface area contributed by atoms with Crippen molar-refractivity contribution in [1.82, 2.24) is 14.5 Å². The minimum Gasteiger partial charge on any atom is -0.306 e. The number of hydrogen-bond acceptors (Lipinski definition) is 5. The molecule has 0 spiro atoms. The Kier molecular flexibility index (Phi) is 5.54. The summed E-state index contributed by atoms with van der Waals surface area (Å²) in [7, 11) is -3.84. The Balaban J connectivity index is 1.59. The van der Waals surface area contributed by atoms with Gasteiger partial charge in [0.15, 0.2) is 5.13 Å². The number of anilines is 1. The van der Waals surface area contributed by atoms with Crippen LogP contribution >= 0.6 is 11.3 Å². The van der Waals surface area contributed by atoms with E-state index >= 15 is 0 Å². The van der Waals surface area contributed by atoms with Gasteiger partial charge < -0.3 is 4.57 Å². The number of aromatic nitrogens is 3. The van der Waals surface area contributed by atoms with Gasteiger partial charge in [-0.05, 0) is 29.8 Å². The Morgan fingerprint density at radius 2 is 1.87 bits per heavy atom. The summed E-state index contributed by atoms with van der Waals surface area (Å²) in [6.07, 6.45) is 0.0418. The van der Waals surface area contributed by atoms with Crippen LogP contribution in [0.1, 0.15) is 16.8 Å². The standard InChI is InChI=1S/C20H15F3N4O2S2/c21-20(22,23)18-7-2-1-4-14(18)10-15-12-27(13-25-15)16-5-3-6-17(11-16)31(28,29)26-19-24-8-9-30-19/h1-9,11-13H,10H2,(H,24,26). The Hall–Kier alpha value is -3.18. The highest BCUT2D eigenvalue weighted by Crippen LogP contribution is 2.32. The van der Waals surface area contributed by atoms with Crippen molar-refractivity contribution in [2.45, 2.75) is 17.5 Å². The second-order valence-corrected chi connectivity index (χ2v) is 9.12. The van der Waals surface area contributed by atoms with Gasteiger partial charge in [-0.3, -0.25) is 4.72 Å². The molecule has 0 radical (unpaired) electrons. The van der Waals surface area contributed by atoms with Gasteiger partial charge in [-0.15, -0.1) is 11.3 Å². The molecule has 0 saturated carbocycles. The van der Waals surface area contributed by atoms with Crippen LogP contribution in [0, 0.1) is 0 Å². The number of nitrogens with one attached hydrogen (secondary N) is 1. The first-order valence-corrected chi connectivity index (χ1v) is 11.3. The van der Waals surface area contributed by atoms with Gasteiger partial charge in [0.2, 0.25) is 0 Å². The molecular weight excluding hydrogens is 449 g/mol. The predicted molar refractivity (Wildman–Crippen MR) is 111 cm³/mol. The molecule has 6 nitrogen and oxygen atoms in total. The quantitative estimate of drug-likeness (QED) is 0.447. The van der Waals surface area contributed by atoms with Gasteiger partial charge in [0.25, 0.3) is 10.0 Å². The third-order valence-electron chi connectivity index (χ3n) is 4.41. The largest absolute Gasteiger partial charge is 0.416 e. The number of thiazole rings is 1. The molecule has 2 heterocycles. The molecule has 2 aromatic carbocycles. The Bertz CT molecular complexity index is 1300. The summed E-state index contributed by atoms with van der Waals surface area (Å²) in [5, 5.41) is 1.90. The number of nitrogens with zero attached hydrogens (tertiary/aromatic N) is 3. The first-order valence-electron chi connectivity index (χ1n) is 8.93. The fourth-order valence-electron chi connectivity index (χ4n) is 3.00. The summed E-state index contributed by atoms with van der Waals surface area (Å²) >= 11 is 1.16. The number of rotatable bonds is 6. The van der Waals surface area contributed by atoms with Crippen LogP contribution in [0.3, 0.4) is 0 Å². The Morgan fingerprint density at radius 1 is 1.06 bits per heavy atom. The van der Waals surface area contributed by atoms with Crippen molar-refractivity contribution in [2.75, 3.05) is 4.72 Å². The van der Waals surface area contributed by atoms with Crippen molar-refractivity contribution >= 4 is 26.5 Å². The van der Waals surface area contributed by atoms with Gasteiger partial charge in [0.1, 0.15) is 0 Å². The Morgan fingerprint density at radius 3 is 2.61 bits per heavy atom. The van der Waals surface area contributed by atoms with Crippen LogP contribution in [-0.4, -0.2) is 23.0 Å². The molecule has 4 aromatic rings. The molecule has 0 amide bonds. The molecular formula is C20H15F3N4O2S2. The smallest absolute Gasteiger partial charge is 0.306 e. The van der Waals surface area contributed by atoms with Crippen molar-refractivity contribution in [1.29, 1.82) is 0 Å². The summed E-state index contributed by atoms with van der Waals surface area (Å²) in [5.74, 6) is 0. The number of sulfonamides is 1. The highest BCUT2D eigenvalue weighted by Gasteiger charge is 2.32. The SMILES string of the molecule is O=S(=O)(Nc1nccs1)c1cccc(-n2cnc(Cc3ccccc3C(F)(F)F)c2)c1. The van der Waals surface area contributed by atoms with E-state index < -0.39 is 21.8 Å². The minimum atomic E-state index is -4.45. The zero-order valence-electron chi connectivity index (χ0n) is 15.7. The van der Waals surface area contributed by atoms with Crippen LogP contribution in [0.15, 0.2) is 77.5 Å².